The molecule has 2 rings (SSSR count). The fourth-order valence-corrected chi connectivity index (χ4v) is 2.02. The Morgan fingerprint density at radius 3 is 2.77 bits per heavy atom. The van der Waals surface area contributed by atoms with E-state index in [2.05, 4.69) is 15.6 Å². The number of nitrogens with two attached hydrogens (primary N) is 1. The van der Waals surface area contributed by atoms with Gasteiger partial charge in [0.05, 0.1) is 17.4 Å². The highest BCUT2D eigenvalue weighted by molar-refractivity contribution is 5.92. The monoisotopic (exact) mass is 301 g/mol. The fraction of sp³-hybridized carbons (Fsp3) is 0.438. The van der Waals surface area contributed by atoms with Crippen LogP contribution in [-0.2, 0) is 0 Å². The molecule has 0 fully saturated rings. The summed E-state index contributed by atoms with van der Waals surface area (Å²) in [5.74, 6) is -0.0474. The lowest BCUT2D eigenvalue weighted by Gasteiger charge is -2.33. The minimum atomic E-state index is -0.468. The number of amides is 1. The third kappa shape index (κ3) is 3.33. The lowest BCUT2D eigenvalue weighted by Crippen LogP contribution is -2.55. The van der Waals surface area contributed by atoms with Gasteiger partial charge in [-0.25, -0.2) is 4.68 Å². The maximum absolute atomic E-state index is 12.4. The number of aryl methyl sites for hydroxylation is 1. The van der Waals surface area contributed by atoms with Crippen LogP contribution < -0.4 is 11.1 Å². The summed E-state index contributed by atoms with van der Waals surface area (Å²) in [7, 11) is 0. The van der Waals surface area contributed by atoms with Crippen LogP contribution in [0.5, 0.6) is 0 Å². The van der Waals surface area contributed by atoms with Crippen LogP contribution in [0.4, 0.5) is 0 Å². The summed E-state index contributed by atoms with van der Waals surface area (Å²) in [5.41, 5.74) is 7.59. The smallest absolute Gasteiger partial charge is 0.273 e. The molecule has 1 aromatic heterocycles. The van der Waals surface area contributed by atoms with Gasteiger partial charge < -0.3 is 11.1 Å². The Hall–Kier alpha value is -2.21. The van der Waals surface area contributed by atoms with Gasteiger partial charge in [0.1, 0.15) is 0 Å². The van der Waals surface area contributed by atoms with Gasteiger partial charge in [-0.05, 0) is 37.5 Å². The van der Waals surface area contributed by atoms with Crippen molar-refractivity contribution >= 4 is 5.91 Å². The zero-order chi connectivity index (χ0) is 16.3. The predicted molar refractivity (Wildman–Crippen MR) is 85.9 cm³/mol. The quantitative estimate of drug-likeness (QED) is 0.879. The summed E-state index contributed by atoms with van der Waals surface area (Å²) < 4.78 is 1.59. The van der Waals surface area contributed by atoms with Crippen molar-refractivity contribution in [2.45, 2.75) is 33.2 Å². The third-order valence-electron chi connectivity index (χ3n) is 4.09. The first-order valence-corrected chi connectivity index (χ1v) is 7.37. The van der Waals surface area contributed by atoms with Crippen molar-refractivity contribution in [3.05, 3.63) is 41.7 Å². The second-order valence-corrected chi connectivity index (χ2v) is 6.12. The average molecular weight is 301 g/mol. The van der Waals surface area contributed by atoms with E-state index in [1.165, 1.54) is 0 Å². The van der Waals surface area contributed by atoms with Crippen LogP contribution in [0.15, 0.2) is 30.5 Å². The normalized spacial score (nSPS) is 13.9. The molecule has 0 aliphatic rings. The summed E-state index contributed by atoms with van der Waals surface area (Å²) in [6.07, 6.45) is 1.63. The van der Waals surface area contributed by atoms with Gasteiger partial charge in [0, 0.05) is 6.54 Å². The lowest BCUT2D eigenvalue weighted by molar-refractivity contribution is 0.0878. The highest BCUT2D eigenvalue weighted by Crippen LogP contribution is 2.16. The summed E-state index contributed by atoms with van der Waals surface area (Å²) in [6.45, 7) is 8.35. The standard InChI is InChI=1S/C16H23N5O/c1-11(2)16(4,10-17)18-15(22)14-9-21(20-19-14)13-7-5-6-12(3)8-13/h5-9,11H,10,17H2,1-4H3,(H,18,22). The highest BCUT2D eigenvalue weighted by Gasteiger charge is 2.29. The zero-order valence-electron chi connectivity index (χ0n) is 13.5. The Morgan fingerprint density at radius 2 is 2.18 bits per heavy atom. The van der Waals surface area contributed by atoms with Crippen molar-refractivity contribution in [3.8, 4) is 5.69 Å². The third-order valence-corrected chi connectivity index (χ3v) is 4.09. The van der Waals surface area contributed by atoms with Crippen LogP contribution in [0.2, 0.25) is 0 Å². The first kappa shape index (κ1) is 16.2. The van der Waals surface area contributed by atoms with Gasteiger partial charge in [-0.2, -0.15) is 0 Å². The molecule has 0 aliphatic carbocycles. The SMILES string of the molecule is Cc1cccc(-n2cc(C(=O)NC(C)(CN)C(C)C)nn2)c1. The van der Waals surface area contributed by atoms with E-state index >= 15 is 0 Å². The van der Waals surface area contributed by atoms with E-state index in [0.717, 1.165) is 11.3 Å². The molecule has 1 heterocycles. The molecule has 1 unspecified atom stereocenters. The molecule has 0 radical (unpaired) electrons. The molecular weight excluding hydrogens is 278 g/mol. The van der Waals surface area contributed by atoms with Crippen molar-refractivity contribution in [2.24, 2.45) is 11.7 Å². The van der Waals surface area contributed by atoms with E-state index in [4.69, 9.17) is 5.73 Å². The first-order valence-electron chi connectivity index (χ1n) is 7.37. The fourth-order valence-electron chi connectivity index (χ4n) is 2.02. The van der Waals surface area contributed by atoms with Crippen LogP contribution >= 0.6 is 0 Å². The van der Waals surface area contributed by atoms with Crippen molar-refractivity contribution in [2.75, 3.05) is 6.54 Å². The number of benzene rings is 1. The van der Waals surface area contributed by atoms with E-state index in [0.29, 0.717) is 6.54 Å². The molecule has 0 saturated carbocycles. The van der Waals surface area contributed by atoms with E-state index in [-0.39, 0.29) is 17.5 Å². The van der Waals surface area contributed by atoms with Gasteiger partial charge in [0.15, 0.2) is 5.69 Å². The highest BCUT2D eigenvalue weighted by atomic mass is 16.2. The van der Waals surface area contributed by atoms with E-state index in [9.17, 15) is 4.79 Å². The molecule has 0 aliphatic heterocycles. The number of carbonyl (C=O) groups is 1. The zero-order valence-corrected chi connectivity index (χ0v) is 13.5. The van der Waals surface area contributed by atoms with Gasteiger partial charge in [-0.3, -0.25) is 4.79 Å². The second-order valence-electron chi connectivity index (χ2n) is 6.12. The van der Waals surface area contributed by atoms with E-state index in [1.807, 2.05) is 52.0 Å². The maximum atomic E-state index is 12.4. The Labute approximate surface area is 130 Å². The average Bonchev–Trinajstić information content (AvgIpc) is 2.97. The largest absolute Gasteiger partial charge is 0.344 e. The van der Waals surface area contributed by atoms with Gasteiger partial charge in [0.2, 0.25) is 0 Å². The van der Waals surface area contributed by atoms with Gasteiger partial charge in [-0.1, -0.05) is 31.2 Å². The van der Waals surface area contributed by atoms with Gasteiger partial charge in [-0.15, -0.1) is 5.10 Å². The number of aromatic nitrogens is 3. The van der Waals surface area contributed by atoms with Crippen LogP contribution in [0.25, 0.3) is 5.69 Å². The molecule has 118 valence electrons. The minimum absolute atomic E-state index is 0.216. The molecule has 0 saturated heterocycles. The molecule has 0 bridgehead atoms. The molecule has 6 heteroatoms. The topological polar surface area (TPSA) is 85.8 Å². The van der Waals surface area contributed by atoms with Crippen molar-refractivity contribution < 1.29 is 4.79 Å². The molecule has 22 heavy (non-hydrogen) atoms. The molecule has 0 spiro atoms. The molecular formula is C16H23N5O. The maximum Gasteiger partial charge on any atom is 0.273 e. The van der Waals surface area contributed by atoms with Crippen LogP contribution in [-0.4, -0.2) is 33.0 Å². The molecule has 3 N–H and O–H groups in total. The van der Waals surface area contributed by atoms with E-state index < -0.39 is 5.54 Å². The molecule has 2 aromatic rings. The second kappa shape index (κ2) is 6.27. The Balaban J connectivity index is 2.19. The molecule has 1 amide bonds. The summed E-state index contributed by atoms with van der Waals surface area (Å²) in [4.78, 5) is 12.4. The lowest BCUT2D eigenvalue weighted by atomic mass is 9.88. The van der Waals surface area contributed by atoms with Crippen LogP contribution in [0.3, 0.4) is 0 Å². The molecule has 1 atom stereocenters. The Kier molecular flexibility index (Phi) is 4.61. The van der Waals surface area contributed by atoms with Crippen LogP contribution in [0, 0.1) is 12.8 Å². The number of nitrogens with one attached hydrogen (secondary N) is 1. The van der Waals surface area contributed by atoms with Crippen molar-refractivity contribution in [1.82, 2.24) is 20.3 Å². The van der Waals surface area contributed by atoms with Crippen LogP contribution in [0.1, 0.15) is 36.8 Å². The first-order chi connectivity index (χ1) is 10.4. The van der Waals surface area contributed by atoms with Gasteiger partial charge >= 0.3 is 0 Å². The van der Waals surface area contributed by atoms with Gasteiger partial charge in [0.25, 0.3) is 5.91 Å². The number of carbonyl (C=O) groups excluding carboxylic acids is 1. The Morgan fingerprint density at radius 1 is 1.45 bits per heavy atom. The molecule has 1 aromatic carbocycles. The summed E-state index contributed by atoms with van der Waals surface area (Å²) in [6, 6.07) is 7.84. The molecule has 6 nitrogen and oxygen atoms in total. The number of nitrogens with zero attached hydrogens (tertiary/aromatic N) is 3. The summed E-state index contributed by atoms with van der Waals surface area (Å²) >= 11 is 0. The van der Waals surface area contributed by atoms with Crippen molar-refractivity contribution in [1.29, 1.82) is 0 Å². The van der Waals surface area contributed by atoms with Crippen molar-refractivity contribution in [3.63, 3.8) is 0 Å². The number of hydrogen-bond acceptors (Lipinski definition) is 4. The predicted octanol–water partition coefficient (Wildman–Crippen LogP) is 1.68. The van der Waals surface area contributed by atoms with E-state index in [1.54, 1.807) is 10.9 Å². The minimum Gasteiger partial charge on any atom is -0.344 e. The number of rotatable bonds is 5. The summed E-state index contributed by atoms with van der Waals surface area (Å²) in [5, 5.41) is 10.9. The Bertz CT molecular complexity index is 664. The number of hydrogen-bond donors (Lipinski definition) is 2.